The van der Waals surface area contributed by atoms with Crippen LogP contribution in [-0.2, 0) is 30.3 Å². The van der Waals surface area contributed by atoms with Gasteiger partial charge in [0.05, 0.1) is 12.2 Å². The van der Waals surface area contributed by atoms with Gasteiger partial charge in [-0.1, -0.05) is 37.3 Å². The number of esters is 1. The van der Waals surface area contributed by atoms with Crippen molar-refractivity contribution >= 4 is 35.5 Å². The predicted octanol–water partition coefficient (Wildman–Crippen LogP) is 3.14. The molecule has 5 rings (SSSR count). The predicted molar refractivity (Wildman–Crippen MR) is 186 cm³/mol. The molecule has 5 amide bonds. The maximum absolute atomic E-state index is 14.1. The number of fused-ring (bicyclic) bond motifs is 1. The number of benzene rings is 2. The highest BCUT2D eigenvalue weighted by Gasteiger charge is 2.43. The molecule has 2 aromatic rings. The Balaban J connectivity index is 1.28. The summed E-state index contributed by atoms with van der Waals surface area (Å²) < 4.78 is 5.36. The number of likely N-dealkylation sites (tertiary alicyclic amines) is 1. The lowest BCUT2D eigenvalue weighted by atomic mass is 9.94. The number of piperidine rings is 1. The lowest BCUT2D eigenvalue weighted by molar-refractivity contribution is -0.144. The molecule has 3 aliphatic heterocycles. The summed E-state index contributed by atoms with van der Waals surface area (Å²) in [5, 5.41) is 8.63. The standard InChI is InChI=1S/C38H49N5O7/c1-3-38(2)37(49)40-30(25-26-17-19-27(20-18-26)34(46)42-21-9-5-10-22-42)35(47)43-23-12-16-31(43)33(45)39-29(32(44)41-38)15-8-11-24-50-36(48)28-13-6-4-7-14-28/h4,6-7,13-14,17-20,29-31H,3,5,8-12,15-16,21-25H2,1-2H3,(H,39,45)(H,40,49)(H,41,44)/t29-,30-,31+,38-/m0/s1. The second kappa shape index (κ2) is 16.8. The molecule has 0 unspecified atom stereocenters. The molecule has 268 valence electrons. The van der Waals surface area contributed by atoms with Crippen LogP contribution in [0.5, 0.6) is 0 Å². The summed E-state index contributed by atoms with van der Waals surface area (Å²) in [6.07, 6.45) is 5.72. The first-order valence-corrected chi connectivity index (χ1v) is 17.9. The Hall–Kier alpha value is -4.74. The highest BCUT2D eigenvalue weighted by Crippen LogP contribution is 2.23. The molecule has 4 atom stereocenters. The molecule has 50 heavy (non-hydrogen) atoms. The van der Waals surface area contributed by atoms with E-state index in [1.807, 2.05) is 11.0 Å². The topological polar surface area (TPSA) is 154 Å². The van der Waals surface area contributed by atoms with Crippen molar-refractivity contribution in [3.8, 4) is 0 Å². The summed E-state index contributed by atoms with van der Waals surface area (Å²) in [7, 11) is 0. The van der Waals surface area contributed by atoms with Crippen molar-refractivity contribution in [1.29, 1.82) is 0 Å². The van der Waals surface area contributed by atoms with Gasteiger partial charge in [-0.05, 0) is 94.5 Å². The van der Waals surface area contributed by atoms with E-state index < -0.39 is 47.4 Å². The normalized spacial score (nSPS) is 24.6. The van der Waals surface area contributed by atoms with Crippen molar-refractivity contribution in [2.24, 2.45) is 0 Å². The minimum absolute atomic E-state index is 0.0168. The van der Waals surface area contributed by atoms with E-state index in [9.17, 15) is 28.8 Å². The third-order valence-corrected chi connectivity index (χ3v) is 10.1. The SMILES string of the molecule is CC[C@]1(C)NC(=O)[C@H](CCCCOC(=O)c2ccccc2)NC(=O)[C@H]2CCCN2C(=O)[C@H](Cc2ccc(C(=O)N3CCCCC3)cc2)NC1=O. The molecule has 3 heterocycles. The number of carbonyl (C=O) groups is 6. The fourth-order valence-electron chi connectivity index (χ4n) is 6.79. The zero-order chi connectivity index (χ0) is 35.7. The van der Waals surface area contributed by atoms with E-state index in [2.05, 4.69) is 16.0 Å². The number of amides is 5. The first-order valence-electron chi connectivity index (χ1n) is 17.9. The molecule has 12 nitrogen and oxygen atoms in total. The van der Waals surface area contributed by atoms with E-state index in [-0.39, 0.29) is 37.7 Å². The Kier molecular flexibility index (Phi) is 12.3. The van der Waals surface area contributed by atoms with E-state index in [1.165, 1.54) is 4.90 Å². The van der Waals surface area contributed by atoms with Gasteiger partial charge < -0.3 is 30.5 Å². The number of hydrogen-bond donors (Lipinski definition) is 3. The van der Waals surface area contributed by atoms with Crippen molar-refractivity contribution in [3.05, 3.63) is 71.3 Å². The van der Waals surface area contributed by atoms with Crippen LogP contribution in [0, 0.1) is 0 Å². The van der Waals surface area contributed by atoms with E-state index in [0.717, 1.165) is 37.9 Å². The third-order valence-electron chi connectivity index (χ3n) is 10.1. The van der Waals surface area contributed by atoms with Gasteiger partial charge in [-0.3, -0.25) is 24.0 Å². The van der Waals surface area contributed by atoms with Crippen LogP contribution in [0.25, 0.3) is 0 Å². The molecule has 0 saturated carbocycles. The molecule has 3 N–H and O–H groups in total. The van der Waals surface area contributed by atoms with Crippen molar-refractivity contribution in [1.82, 2.24) is 25.8 Å². The number of nitrogens with zero attached hydrogens (tertiary/aromatic N) is 2. The first kappa shape index (κ1) is 36.5. The quantitative estimate of drug-likeness (QED) is 0.256. The molecular weight excluding hydrogens is 638 g/mol. The Morgan fingerprint density at radius 2 is 1.54 bits per heavy atom. The monoisotopic (exact) mass is 687 g/mol. The Labute approximate surface area is 293 Å². The Bertz CT molecular complexity index is 1540. The summed E-state index contributed by atoms with van der Waals surface area (Å²) in [6, 6.07) is 13.0. The maximum atomic E-state index is 14.1. The molecule has 3 aliphatic rings. The van der Waals surface area contributed by atoms with Gasteiger partial charge in [-0.2, -0.15) is 0 Å². The van der Waals surface area contributed by atoms with Gasteiger partial charge in [-0.15, -0.1) is 0 Å². The van der Waals surface area contributed by atoms with Crippen LogP contribution >= 0.6 is 0 Å². The second-order valence-electron chi connectivity index (χ2n) is 13.7. The van der Waals surface area contributed by atoms with Gasteiger partial charge in [0.15, 0.2) is 0 Å². The summed E-state index contributed by atoms with van der Waals surface area (Å²) in [6.45, 7) is 5.36. The smallest absolute Gasteiger partial charge is 0.338 e. The fourth-order valence-corrected chi connectivity index (χ4v) is 6.79. The molecule has 3 saturated heterocycles. The molecule has 0 bridgehead atoms. The minimum atomic E-state index is -1.36. The largest absolute Gasteiger partial charge is 0.462 e. The highest BCUT2D eigenvalue weighted by atomic mass is 16.5. The fraction of sp³-hybridized carbons (Fsp3) is 0.526. The van der Waals surface area contributed by atoms with Crippen LogP contribution in [0.15, 0.2) is 54.6 Å². The number of rotatable bonds is 10. The summed E-state index contributed by atoms with van der Waals surface area (Å²) >= 11 is 0. The number of carbonyl (C=O) groups excluding carboxylic acids is 6. The van der Waals surface area contributed by atoms with Gasteiger partial charge in [0, 0.05) is 31.6 Å². The lowest BCUT2D eigenvalue weighted by Gasteiger charge is -2.36. The van der Waals surface area contributed by atoms with E-state index in [4.69, 9.17) is 4.74 Å². The molecule has 0 aliphatic carbocycles. The Morgan fingerprint density at radius 1 is 0.820 bits per heavy atom. The average molecular weight is 688 g/mol. The molecule has 2 aromatic carbocycles. The van der Waals surface area contributed by atoms with Crippen LogP contribution in [0.4, 0.5) is 0 Å². The number of unbranched alkanes of at least 4 members (excludes halogenated alkanes) is 1. The molecular formula is C38H49N5O7. The minimum Gasteiger partial charge on any atom is -0.462 e. The molecule has 0 spiro atoms. The summed E-state index contributed by atoms with van der Waals surface area (Å²) in [5.41, 5.74) is 0.414. The van der Waals surface area contributed by atoms with Gasteiger partial charge in [0.25, 0.3) is 5.91 Å². The van der Waals surface area contributed by atoms with Crippen LogP contribution in [-0.4, -0.2) is 95.2 Å². The van der Waals surface area contributed by atoms with Gasteiger partial charge in [0.2, 0.25) is 23.6 Å². The average Bonchev–Trinajstić information content (AvgIpc) is 3.64. The lowest BCUT2D eigenvalue weighted by Crippen LogP contribution is -2.65. The molecule has 12 heteroatoms. The summed E-state index contributed by atoms with van der Waals surface area (Å²) in [5.74, 6) is -2.24. The van der Waals surface area contributed by atoms with Crippen molar-refractivity contribution < 1.29 is 33.5 Å². The van der Waals surface area contributed by atoms with Gasteiger partial charge in [0.1, 0.15) is 23.7 Å². The molecule has 0 aromatic heterocycles. The Morgan fingerprint density at radius 3 is 2.24 bits per heavy atom. The van der Waals surface area contributed by atoms with Crippen LogP contribution in [0.1, 0.15) is 97.9 Å². The van der Waals surface area contributed by atoms with Crippen molar-refractivity contribution in [3.63, 3.8) is 0 Å². The van der Waals surface area contributed by atoms with Crippen molar-refractivity contribution in [2.75, 3.05) is 26.2 Å². The highest BCUT2D eigenvalue weighted by molar-refractivity contribution is 5.99. The van der Waals surface area contributed by atoms with Gasteiger partial charge in [-0.25, -0.2) is 4.79 Å². The number of nitrogens with one attached hydrogen (secondary N) is 3. The van der Waals surface area contributed by atoms with Crippen molar-refractivity contribution in [2.45, 2.75) is 102 Å². The van der Waals surface area contributed by atoms with E-state index >= 15 is 0 Å². The summed E-state index contributed by atoms with van der Waals surface area (Å²) in [4.78, 5) is 84.0. The zero-order valence-corrected chi connectivity index (χ0v) is 29.1. The number of ether oxygens (including phenoxy) is 1. The number of hydrogen-bond acceptors (Lipinski definition) is 7. The van der Waals surface area contributed by atoms with Crippen LogP contribution in [0.3, 0.4) is 0 Å². The maximum Gasteiger partial charge on any atom is 0.338 e. The zero-order valence-electron chi connectivity index (χ0n) is 29.1. The molecule has 0 radical (unpaired) electrons. The van der Waals surface area contributed by atoms with E-state index in [0.29, 0.717) is 43.4 Å². The van der Waals surface area contributed by atoms with E-state index in [1.54, 1.807) is 62.4 Å². The molecule has 3 fully saturated rings. The van der Waals surface area contributed by atoms with Gasteiger partial charge >= 0.3 is 5.97 Å². The third kappa shape index (κ3) is 8.88. The van der Waals surface area contributed by atoms with Crippen LogP contribution < -0.4 is 16.0 Å². The van der Waals surface area contributed by atoms with Crippen LogP contribution in [0.2, 0.25) is 0 Å². The second-order valence-corrected chi connectivity index (χ2v) is 13.7. The first-order chi connectivity index (χ1) is 24.1.